The highest BCUT2D eigenvalue weighted by Gasteiger charge is 2.68. The average molecular weight is 385 g/mol. The molecule has 3 aliphatic rings. The van der Waals surface area contributed by atoms with E-state index in [9.17, 15) is 9.59 Å². The number of benzene rings is 1. The van der Waals surface area contributed by atoms with E-state index in [0.717, 1.165) is 19.4 Å². The van der Waals surface area contributed by atoms with Crippen molar-refractivity contribution in [3.8, 4) is 0 Å². The molecule has 1 aromatic rings. The fourth-order valence-corrected chi connectivity index (χ4v) is 6.42. The first-order valence-corrected chi connectivity index (χ1v) is 10.6. The number of amides is 2. The van der Waals surface area contributed by atoms with Crippen molar-refractivity contribution in [2.24, 2.45) is 22.7 Å². The summed E-state index contributed by atoms with van der Waals surface area (Å²) in [6, 6.07) is 9.54. The van der Waals surface area contributed by atoms with Crippen molar-refractivity contribution in [3.05, 3.63) is 35.9 Å². The van der Waals surface area contributed by atoms with Crippen molar-refractivity contribution in [2.75, 3.05) is 13.2 Å². The van der Waals surface area contributed by atoms with Crippen molar-refractivity contribution in [2.45, 2.75) is 58.6 Å². The number of fused-ring (bicyclic) bond motifs is 1. The lowest BCUT2D eigenvalue weighted by molar-refractivity contribution is -0.135. The highest BCUT2D eigenvalue weighted by molar-refractivity contribution is 5.94. The zero-order valence-electron chi connectivity index (χ0n) is 17.2. The molecular formula is C23H32N2O3. The van der Waals surface area contributed by atoms with Gasteiger partial charge in [-0.15, -0.1) is 0 Å². The third kappa shape index (κ3) is 3.14. The topological polar surface area (TPSA) is 67.4 Å². The molecule has 5 heteroatoms. The van der Waals surface area contributed by atoms with E-state index in [2.05, 4.69) is 24.5 Å². The Labute approximate surface area is 167 Å². The molecule has 2 bridgehead atoms. The SMILES string of the molecule is CC(=O)N[C@@H]1C(C)(C)[C@@H]2C[C@@H]3[C@@H](CCNC(=O)c4ccccc4)OCCC31C2. The van der Waals surface area contributed by atoms with E-state index in [-0.39, 0.29) is 34.8 Å². The molecule has 1 aromatic carbocycles. The molecule has 0 radical (unpaired) electrons. The van der Waals surface area contributed by atoms with Crippen LogP contribution in [-0.4, -0.2) is 37.1 Å². The normalized spacial score (nSPS) is 35.2. The van der Waals surface area contributed by atoms with Crippen molar-refractivity contribution in [1.82, 2.24) is 10.6 Å². The van der Waals surface area contributed by atoms with Gasteiger partial charge >= 0.3 is 0 Å². The zero-order valence-corrected chi connectivity index (χ0v) is 17.2. The van der Waals surface area contributed by atoms with Crippen LogP contribution in [0.25, 0.3) is 0 Å². The number of rotatable bonds is 5. The van der Waals surface area contributed by atoms with Crippen LogP contribution in [0.1, 0.15) is 56.8 Å². The van der Waals surface area contributed by atoms with Gasteiger partial charge in [0, 0.05) is 31.7 Å². The van der Waals surface area contributed by atoms with E-state index in [0.29, 0.717) is 23.9 Å². The monoisotopic (exact) mass is 384 g/mol. The summed E-state index contributed by atoms with van der Waals surface area (Å²) in [4.78, 5) is 24.2. The molecule has 1 saturated heterocycles. The second-order valence-electron chi connectivity index (χ2n) is 9.50. The van der Waals surface area contributed by atoms with E-state index in [1.807, 2.05) is 30.3 Å². The Hall–Kier alpha value is -1.88. The van der Waals surface area contributed by atoms with Crippen LogP contribution in [-0.2, 0) is 9.53 Å². The van der Waals surface area contributed by atoms with Crippen molar-refractivity contribution in [3.63, 3.8) is 0 Å². The van der Waals surface area contributed by atoms with Crippen LogP contribution in [0.4, 0.5) is 0 Å². The lowest BCUT2D eigenvalue weighted by atomic mass is 9.59. The maximum Gasteiger partial charge on any atom is 0.251 e. The smallest absolute Gasteiger partial charge is 0.251 e. The predicted octanol–water partition coefficient (Wildman–Crippen LogP) is 3.15. The highest BCUT2D eigenvalue weighted by atomic mass is 16.5. The molecule has 28 heavy (non-hydrogen) atoms. The summed E-state index contributed by atoms with van der Waals surface area (Å²) in [6.07, 6.45) is 4.36. The Morgan fingerprint density at radius 2 is 1.96 bits per heavy atom. The molecule has 2 amide bonds. The largest absolute Gasteiger partial charge is 0.378 e. The van der Waals surface area contributed by atoms with Crippen molar-refractivity contribution >= 4 is 11.8 Å². The van der Waals surface area contributed by atoms with E-state index >= 15 is 0 Å². The van der Waals surface area contributed by atoms with Crippen LogP contribution < -0.4 is 10.6 Å². The first-order valence-electron chi connectivity index (χ1n) is 10.6. The van der Waals surface area contributed by atoms with Gasteiger partial charge in [-0.3, -0.25) is 9.59 Å². The van der Waals surface area contributed by atoms with Gasteiger partial charge in [-0.05, 0) is 60.5 Å². The van der Waals surface area contributed by atoms with Gasteiger partial charge in [0.15, 0.2) is 0 Å². The van der Waals surface area contributed by atoms with Gasteiger partial charge in [0.1, 0.15) is 0 Å². The number of ether oxygens (including phenoxy) is 1. The molecule has 3 fully saturated rings. The molecule has 0 aromatic heterocycles. The molecule has 1 aliphatic heterocycles. The molecule has 5 atom stereocenters. The summed E-state index contributed by atoms with van der Waals surface area (Å²) in [5.41, 5.74) is 0.966. The van der Waals surface area contributed by atoms with Gasteiger partial charge in [0.25, 0.3) is 5.91 Å². The Kier molecular flexibility index (Phi) is 4.98. The number of carbonyl (C=O) groups excluding carboxylic acids is 2. The summed E-state index contributed by atoms with van der Waals surface area (Å²) in [7, 11) is 0. The summed E-state index contributed by atoms with van der Waals surface area (Å²) < 4.78 is 6.18. The Balaban J connectivity index is 1.42. The summed E-state index contributed by atoms with van der Waals surface area (Å²) >= 11 is 0. The Morgan fingerprint density at radius 1 is 1.21 bits per heavy atom. The lowest BCUT2D eigenvalue weighted by Gasteiger charge is -2.53. The molecule has 2 aliphatic carbocycles. The summed E-state index contributed by atoms with van der Waals surface area (Å²) in [6.45, 7) is 7.61. The minimum absolute atomic E-state index is 0.0312. The zero-order chi connectivity index (χ0) is 19.9. The molecule has 5 nitrogen and oxygen atoms in total. The Morgan fingerprint density at radius 3 is 2.68 bits per heavy atom. The third-order valence-electron chi connectivity index (χ3n) is 7.72. The standard InChI is InChI=1S/C23H32N2O3/c1-15(26)25-21-22(2,3)17-13-18-19(28-12-10-23(18,21)14-17)9-11-24-20(27)16-7-5-4-6-8-16/h4-8,17-19,21H,9-14H2,1-3H3,(H,24,27)(H,25,26)/t17-,18-,19-,21-,23?/m1/s1. The Bertz CT molecular complexity index is 747. The average Bonchev–Trinajstić information content (AvgIpc) is 3.16. The number of carbonyl (C=O) groups is 2. The number of nitrogens with one attached hydrogen (secondary N) is 2. The molecule has 152 valence electrons. The quantitative estimate of drug-likeness (QED) is 0.819. The van der Waals surface area contributed by atoms with Crippen LogP contribution in [0.2, 0.25) is 0 Å². The molecule has 1 heterocycles. The van der Waals surface area contributed by atoms with Gasteiger partial charge in [-0.2, -0.15) is 0 Å². The van der Waals surface area contributed by atoms with Crippen LogP contribution in [0.3, 0.4) is 0 Å². The van der Waals surface area contributed by atoms with Crippen molar-refractivity contribution < 1.29 is 14.3 Å². The van der Waals surface area contributed by atoms with E-state index < -0.39 is 0 Å². The molecule has 4 rings (SSSR count). The second kappa shape index (κ2) is 7.18. The third-order valence-corrected chi connectivity index (χ3v) is 7.72. The second-order valence-corrected chi connectivity index (χ2v) is 9.50. The summed E-state index contributed by atoms with van der Waals surface area (Å²) in [5, 5.41) is 6.34. The van der Waals surface area contributed by atoms with Crippen LogP contribution in [0.5, 0.6) is 0 Å². The van der Waals surface area contributed by atoms with E-state index in [4.69, 9.17) is 4.74 Å². The maximum atomic E-state index is 12.3. The van der Waals surface area contributed by atoms with Gasteiger partial charge in [-0.1, -0.05) is 32.0 Å². The fraction of sp³-hybridized carbons (Fsp3) is 0.652. The molecular weight excluding hydrogens is 352 g/mol. The molecule has 2 saturated carbocycles. The molecule has 2 N–H and O–H groups in total. The van der Waals surface area contributed by atoms with Gasteiger partial charge in [0.05, 0.1) is 6.10 Å². The van der Waals surface area contributed by atoms with Crippen molar-refractivity contribution in [1.29, 1.82) is 0 Å². The van der Waals surface area contributed by atoms with E-state index in [1.165, 1.54) is 12.8 Å². The lowest BCUT2D eigenvalue weighted by Crippen LogP contribution is -2.60. The number of hydrogen-bond donors (Lipinski definition) is 2. The first kappa shape index (κ1) is 19.4. The first-order chi connectivity index (χ1) is 13.3. The van der Waals surface area contributed by atoms with Gasteiger partial charge in [0.2, 0.25) is 5.91 Å². The summed E-state index contributed by atoms with van der Waals surface area (Å²) in [5.74, 6) is 1.12. The minimum atomic E-state index is -0.0312. The molecule has 1 spiro atoms. The van der Waals surface area contributed by atoms with E-state index in [1.54, 1.807) is 6.92 Å². The highest BCUT2D eigenvalue weighted by Crippen LogP contribution is 2.68. The van der Waals surface area contributed by atoms with Crippen LogP contribution >= 0.6 is 0 Å². The fourth-order valence-electron chi connectivity index (χ4n) is 6.42. The molecule has 1 unspecified atom stereocenters. The van der Waals surface area contributed by atoms with Crippen LogP contribution in [0, 0.1) is 22.7 Å². The predicted molar refractivity (Wildman–Crippen MR) is 108 cm³/mol. The minimum Gasteiger partial charge on any atom is -0.378 e. The van der Waals surface area contributed by atoms with Gasteiger partial charge in [-0.25, -0.2) is 0 Å². The van der Waals surface area contributed by atoms with Gasteiger partial charge < -0.3 is 15.4 Å². The van der Waals surface area contributed by atoms with Crippen LogP contribution in [0.15, 0.2) is 30.3 Å². The maximum absolute atomic E-state index is 12.3. The number of hydrogen-bond acceptors (Lipinski definition) is 3.